The molecule has 0 spiro atoms. The molecule has 9 aromatic rings. The molecule has 0 unspecified atom stereocenters. The van der Waals surface area contributed by atoms with E-state index in [0.29, 0.717) is 0 Å². The molecule has 0 aromatic heterocycles. The average Bonchev–Trinajstić information content (AvgIpc) is 3.31. The first-order chi connectivity index (χ1) is 30.2. The first kappa shape index (κ1) is 35.5. The van der Waals surface area contributed by atoms with Crippen LogP contribution in [0.3, 0.4) is 0 Å². The normalized spacial score (nSPS) is 13.4. The van der Waals surface area contributed by atoms with Gasteiger partial charge in [-0.25, -0.2) is 0 Å². The number of nitrogens with zero attached hydrogens (tertiary/aromatic N) is 1. The van der Waals surface area contributed by atoms with Gasteiger partial charge in [-0.2, -0.15) is 0 Å². The van der Waals surface area contributed by atoms with Crippen molar-refractivity contribution in [3.05, 3.63) is 200 Å². The monoisotopic (exact) mass is 829 g/mol. The molecular weight excluding hydrogens is 796 g/mol. The molecule has 0 saturated heterocycles. The van der Waals surface area contributed by atoms with E-state index in [0.717, 1.165) is 28.6 Å². The van der Waals surface area contributed by atoms with Gasteiger partial charge in [0.2, 0.25) is 6.71 Å². The van der Waals surface area contributed by atoms with Crippen molar-refractivity contribution in [2.75, 3.05) is 4.90 Å². The highest BCUT2D eigenvalue weighted by Gasteiger charge is 2.44. The molecule has 61 heavy (non-hydrogen) atoms. The van der Waals surface area contributed by atoms with Crippen molar-refractivity contribution in [1.82, 2.24) is 0 Å². The van der Waals surface area contributed by atoms with Crippen molar-refractivity contribution in [3.63, 3.8) is 0 Å². The quantitative estimate of drug-likeness (QED) is 0.160. The number of hydrogen-bond acceptors (Lipinski definition) is 5. The van der Waals surface area contributed by atoms with Gasteiger partial charge in [-0.3, -0.25) is 0 Å². The Kier molecular flexibility index (Phi) is 8.25. The van der Waals surface area contributed by atoms with Crippen LogP contribution >= 0.6 is 35.3 Å². The number of hydrogen-bond donors (Lipinski definition) is 0. The first-order valence-electron chi connectivity index (χ1n) is 20.7. The zero-order chi connectivity index (χ0) is 40.0. The van der Waals surface area contributed by atoms with Gasteiger partial charge in [-0.1, -0.05) is 185 Å². The maximum Gasteiger partial charge on any atom is 0.253 e. The van der Waals surface area contributed by atoms with Crippen molar-refractivity contribution in [1.29, 1.82) is 0 Å². The summed E-state index contributed by atoms with van der Waals surface area (Å²) in [5.74, 6) is 1.89. The molecule has 0 saturated carbocycles. The molecule has 0 fully saturated rings. The minimum atomic E-state index is 0.0571. The second-order valence-corrected chi connectivity index (χ2v) is 19.2. The summed E-state index contributed by atoms with van der Waals surface area (Å²) in [6, 6.07) is 73.4. The van der Waals surface area contributed by atoms with Gasteiger partial charge >= 0.3 is 0 Å². The van der Waals surface area contributed by atoms with Crippen LogP contribution in [0.1, 0.15) is 0 Å². The fraction of sp³-hybridized carbons (Fsp3) is 0. The maximum atomic E-state index is 7.22. The molecule has 0 radical (unpaired) electrons. The second kappa shape index (κ2) is 14.2. The van der Waals surface area contributed by atoms with E-state index in [-0.39, 0.29) is 13.4 Å². The number of fused-ring (bicyclic) bond motifs is 8. The highest BCUT2D eigenvalue weighted by atomic mass is 32.2. The van der Waals surface area contributed by atoms with Crippen LogP contribution in [0.2, 0.25) is 0 Å². The van der Waals surface area contributed by atoms with Crippen molar-refractivity contribution in [2.24, 2.45) is 0 Å². The molecule has 4 aliphatic heterocycles. The summed E-state index contributed by atoms with van der Waals surface area (Å²) in [7, 11) is 0. The van der Waals surface area contributed by atoms with E-state index < -0.39 is 0 Å². The Morgan fingerprint density at radius 3 is 1.48 bits per heavy atom. The molecule has 284 valence electrons. The van der Waals surface area contributed by atoms with Crippen molar-refractivity contribution in [2.45, 2.75) is 29.4 Å². The third kappa shape index (κ3) is 5.71. The Morgan fingerprint density at radius 2 is 0.836 bits per heavy atom. The summed E-state index contributed by atoms with van der Waals surface area (Å²) in [6.45, 7) is 0.160. The molecule has 0 aliphatic carbocycles. The lowest BCUT2D eigenvalue weighted by atomic mass is 9.32. The van der Waals surface area contributed by atoms with Crippen LogP contribution in [0.15, 0.2) is 230 Å². The van der Waals surface area contributed by atoms with Gasteiger partial charge in [0.05, 0.1) is 0 Å². The average molecular weight is 830 g/mol. The fourth-order valence-electron chi connectivity index (χ4n) is 9.86. The minimum Gasteiger partial charge on any atom is -0.458 e. The third-order valence-electron chi connectivity index (χ3n) is 12.5. The highest BCUT2D eigenvalue weighted by Crippen LogP contribution is 2.46. The molecule has 0 bridgehead atoms. The Bertz CT molecular complexity index is 3190. The van der Waals surface area contributed by atoms with Crippen LogP contribution in [-0.2, 0) is 0 Å². The van der Waals surface area contributed by atoms with Crippen molar-refractivity contribution < 1.29 is 4.74 Å². The van der Waals surface area contributed by atoms with E-state index >= 15 is 0 Å². The van der Waals surface area contributed by atoms with E-state index in [1.165, 1.54) is 84.4 Å². The second-order valence-electron chi connectivity index (χ2n) is 15.9. The van der Waals surface area contributed by atoms with Crippen LogP contribution in [0.4, 0.5) is 17.1 Å². The number of benzene rings is 9. The standard InChI is InChI=1S/C54H33B2NOS3/c1-4-16-34(17-5-1)39-22-10-11-23-40(39)35-28-46-53-50(29-35)59-47-26-14-12-24-41(47)55(53)43-32-44-49(33-45(43)58-46)61-52-31-38(30-51-54(52)56(44)42-25-13-15-27-48(42)60-51)57(36-18-6-2-7-19-36)37-20-8-3-9-21-37/h1-33H. The zero-order valence-electron chi connectivity index (χ0n) is 32.8. The molecule has 0 N–H and O–H groups in total. The van der Waals surface area contributed by atoms with Crippen LogP contribution in [0.25, 0.3) is 22.3 Å². The summed E-state index contributed by atoms with van der Waals surface area (Å²) in [6.07, 6.45) is 0. The Morgan fingerprint density at radius 1 is 0.328 bits per heavy atom. The van der Waals surface area contributed by atoms with Crippen molar-refractivity contribution in [3.8, 4) is 33.8 Å². The largest absolute Gasteiger partial charge is 0.458 e. The van der Waals surface area contributed by atoms with Gasteiger partial charge in [0.1, 0.15) is 11.5 Å². The number of ether oxygens (including phenoxy) is 1. The van der Waals surface area contributed by atoms with Crippen LogP contribution in [0, 0.1) is 0 Å². The van der Waals surface area contributed by atoms with Crippen molar-refractivity contribution >= 4 is 98.6 Å². The number of para-hydroxylation sites is 2. The lowest BCUT2D eigenvalue weighted by Crippen LogP contribution is -2.62. The summed E-state index contributed by atoms with van der Waals surface area (Å²) in [4.78, 5) is 10.1. The molecule has 4 aliphatic rings. The van der Waals surface area contributed by atoms with E-state index in [4.69, 9.17) is 4.74 Å². The van der Waals surface area contributed by atoms with Gasteiger partial charge in [0.15, 0.2) is 0 Å². The summed E-state index contributed by atoms with van der Waals surface area (Å²) >= 11 is 5.66. The van der Waals surface area contributed by atoms with Crippen LogP contribution in [-0.4, -0.2) is 13.4 Å². The molecule has 13 rings (SSSR count). The predicted octanol–water partition coefficient (Wildman–Crippen LogP) is 11.0. The summed E-state index contributed by atoms with van der Waals surface area (Å²) < 4.78 is 7.22. The summed E-state index contributed by atoms with van der Waals surface area (Å²) in [5.41, 5.74) is 16.2. The molecule has 2 nitrogen and oxygen atoms in total. The van der Waals surface area contributed by atoms with E-state index in [1.807, 2.05) is 35.3 Å². The third-order valence-corrected chi connectivity index (χ3v) is 15.9. The Hall–Kier alpha value is -6.24. The molecule has 7 heteroatoms. The number of anilines is 3. The van der Waals surface area contributed by atoms with Gasteiger partial charge in [-0.05, 0) is 105 Å². The van der Waals surface area contributed by atoms with Gasteiger partial charge in [-0.15, -0.1) is 0 Å². The van der Waals surface area contributed by atoms with Crippen LogP contribution in [0.5, 0.6) is 11.5 Å². The molecule has 4 heterocycles. The topological polar surface area (TPSA) is 12.5 Å². The zero-order valence-corrected chi connectivity index (χ0v) is 35.2. The fourth-order valence-corrected chi connectivity index (χ4v) is 13.5. The van der Waals surface area contributed by atoms with Gasteiger partial charge < -0.3 is 9.64 Å². The first-order valence-corrected chi connectivity index (χ1v) is 23.2. The lowest BCUT2D eigenvalue weighted by molar-refractivity contribution is 0.485. The maximum absolute atomic E-state index is 7.22. The number of rotatable bonds is 5. The molecule has 0 amide bonds. The van der Waals surface area contributed by atoms with Gasteiger partial charge in [0, 0.05) is 46.4 Å². The molecule has 9 aromatic carbocycles. The van der Waals surface area contributed by atoms with E-state index in [1.54, 1.807) is 0 Å². The van der Waals surface area contributed by atoms with Gasteiger partial charge in [0.25, 0.3) is 6.71 Å². The molecule has 0 atom stereocenters. The SMILES string of the molecule is c1ccc(-c2ccccc2-c2cc3c4c(c2)Sc2ccccc2B4c2cc4c(cc2O3)Sc2cc(N(c3ccccc3)c3ccccc3)cc3c2B4c2ccccc2S3)cc1. The molecular formula is C54H33B2NOS3. The smallest absolute Gasteiger partial charge is 0.253 e. The Balaban J connectivity index is 0.996. The lowest BCUT2D eigenvalue weighted by Gasteiger charge is -2.37. The Labute approximate surface area is 369 Å². The van der Waals surface area contributed by atoms with E-state index in [2.05, 4.69) is 205 Å². The van der Waals surface area contributed by atoms with Crippen LogP contribution < -0.4 is 42.4 Å². The summed E-state index contributed by atoms with van der Waals surface area (Å²) in [5, 5.41) is 0. The minimum absolute atomic E-state index is 0.0571. The van der Waals surface area contributed by atoms with E-state index in [9.17, 15) is 0 Å². The predicted molar refractivity (Wildman–Crippen MR) is 260 cm³/mol. The highest BCUT2D eigenvalue weighted by molar-refractivity contribution is 8.01.